The quantitative estimate of drug-likeness (QED) is 0.832. The van der Waals surface area contributed by atoms with Gasteiger partial charge in [-0.1, -0.05) is 6.92 Å². The zero-order valence-corrected chi connectivity index (χ0v) is 16.0. The molecule has 1 saturated heterocycles. The summed E-state index contributed by atoms with van der Waals surface area (Å²) in [4.78, 5) is 21.7. The van der Waals surface area contributed by atoms with Crippen LogP contribution < -0.4 is 5.32 Å². The number of hydrogen-bond donors (Lipinski definition) is 1. The molecule has 26 heavy (non-hydrogen) atoms. The van der Waals surface area contributed by atoms with Crippen LogP contribution in [-0.4, -0.2) is 75.8 Å². The maximum atomic E-state index is 12.5. The van der Waals surface area contributed by atoms with E-state index >= 15 is 0 Å². The summed E-state index contributed by atoms with van der Waals surface area (Å²) < 4.78 is 7.32. The predicted molar refractivity (Wildman–Crippen MR) is 98.9 cm³/mol. The van der Waals surface area contributed by atoms with Crippen molar-refractivity contribution in [3.05, 3.63) is 23.8 Å². The molecule has 1 amide bonds. The second-order valence-corrected chi connectivity index (χ2v) is 6.86. The Morgan fingerprint density at radius 3 is 2.69 bits per heavy atom. The normalized spacial score (nSPS) is 17.4. The number of aryl methyl sites for hydroxylation is 2. The first-order valence-electron chi connectivity index (χ1n) is 9.19. The topological polar surface area (TPSA) is 79.4 Å². The monoisotopic (exact) mass is 360 g/mol. The van der Waals surface area contributed by atoms with Crippen molar-refractivity contribution in [1.82, 2.24) is 29.9 Å². The molecule has 1 fully saturated rings. The van der Waals surface area contributed by atoms with Gasteiger partial charge in [-0.25, -0.2) is 4.98 Å². The minimum absolute atomic E-state index is 0.194. The number of piperazine rings is 1. The average Bonchev–Trinajstić information content (AvgIpc) is 3.25. The minimum Gasteiger partial charge on any atom is -0.440 e. The van der Waals surface area contributed by atoms with E-state index < -0.39 is 0 Å². The van der Waals surface area contributed by atoms with Gasteiger partial charge in [-0.2, -0.15) is 5.10 Å². The van der Waals surface area contributed by atoms with Gasteiger partial charge < -0.3 is 14.6 Å². The molecule has 0 bridgehead atoms. The van der Waals surface area contributed by atoms with Crippen LogP contribution >= 0.6 is 0 Å². The molecule has 0 aromatic carbocycles. The van der Waals surface area contributed by atoms with Gasteiger partial charge in [0.15, 0.2) is 5.69 Å². The summed E-state index contributed by atoms with van der Waals surface area (Å²) in [6.07, 6.45) is 3.48. The molecule has 3 heterocycles. The zero-order chi connectivity index (χ0) is 18.7. The summed E-state index contributed by atoms with van der Waals surface area (Å²) in [5, 5.41) is 7.10. The molecule has 3 rings (SSSR count). The third-order valence-electron chi connectivity index (χ3n) is 5.00. The maximum Gasteiger partial charge on any atom is 0.273 e. The van der Waals surface area contributed by atoms with Crippen molar-refractivity contribution in [2.75, 3.05) is 39.3 Å². The summed E-state index contributed by atoms with van der Waals surface area (Å²) >= 11 is 0. The van der Waals surface area contributed by atoms with Crippen molar-refractivity contribution in [3.8, 4) is 11.5 Å². The summed E-state index contributed by atoms with van der Waals surface area (Å²) in [6.45, 7) is 12.1. The molecule has 0 aliphatic carbocycles. The largest absolute Gasteiger partial charge is 0.440 e. The fraction of sp³-hybridized carbons (Fsp3) is 0.611. The Labute approximate surface area is 154 Å². The third-order valence-corrected chi connectivity index (χ3v) is 5.00. The van der Waals surface area contributed by atoms with Gasteiger partial charge in [-0.3, -0.25) is 14.4 Å². The molecule has 0 saturated carbocycles. The summed E-state index contributed by atoms with van der Waals surface area (Å²) in [6, 6.07) is 0.294. The second-order valence-electron chi connectivity index (χ2n) is 6.86. The van der Waals surface area contributed by atoms with Crippen LogP contribution in [0.4, 0.5) is 0 Å². The van der Waals surface area contributed by atoms with E-state index in [1.165, 1.54) is 0 Å². The fourth-order valence-corrected chi connectivity index (χ4v) is 3.24. The van der Waals surface area contributed by atoms with E-state index in [4.69, 9.17) is 4.42 Å². The first-order valence-corrected chi connectivity index (χ1v) is 9.19. The Morgan fingerprint density at radius 2 is 2.08 bits per heavy atom. The molecule has 142 valence electrons. The highest BCUT2D eigenvalue weighted by Gasteiger charge is 2.22. The van der Waals surface area contributed by atoms with E-state index in [0.29, 0.717) is 29.9 Å². The molecule has 0 radical (unpaired) electrons. The highest BCUT2D eigenvalue weighted by Crippen LogP contribution is 2.21. The molecule has 2 aromatic rings. The average molecular weight is 360 g/mol. The lowest BCUT2D eigenvalue weighted by atomic mass is 10.2. The Hall–Kier alpha value is -2.19. The Kier molecular flexibility index (Phi) is 5.73. The van der Waals surface area contributed by atoms with Gasteiger partial charge >= 0.3 is 0 Å². The molecule has 1 atom stereocenters. The molecule has 1 aliphatic rings. The number of nitrogens with zero attached hydrogens (tertiary/aromatic N) is 5. The second kappa shape index (κ2) is 8.01. The molecule has 8 nitrogen and oxygen atoms in total. The summed E-state index contributed by atoms with van der Waals surface area (Å²) in [5.41, 5.74) is 1.10. The van der Waals surface area contributed by atoms with E-state index in [1.807, 2.05) is 13.2 Å². The number of hydrogen-bond acceptors (Lipinski definition) is 6. The van der Waals surface area contributed by atoms with E-state index in [2.05, 4.69) is 39.0 Å². The third kappa shape index (κ3) is 4.13. The molecular weight excluding hydrogens is 332 g/mol. The van der Waals surface area contributed by atoms with Crippen molar-refractivity contribution in [3.63, 3.8) is 0 Å². The summed E-state index contributed by atoms with van der Waals surface area (Å²) in [7, 11) is 1.83. The van der Waals surface area contributed by atoms with E-state index in [9.17, 15) is 4.79 Å². The van der Waals surface area contributed by atoms with Crippen molar-refractivity contribution in [1.29, 1.82) is 0 Å². The van der Waals surface area contributed by atoms with Gasteiger partial charge in [0.25, 0.3) is 5.91 Å². The molecule has 0 spiro atoms. The lowest BCUT2D eigenvalue weighted by molar-refractivity contribution is 0.0878. The molecule has 1 N–H and O–H groups in total. The lowest BCUT2D eigenvalue weighted by Crippen LogP contribution is -2.52. The van der Waals surface area contributed by atoms with Crippen LogP contribution in [0.1, 0.15) is 30.1 Å². The van der Waals surface area contributed by atoms with Crippen LogP contribution in [-0.2, 0) is 7.05 Å². The summed E-state index contributed by atoms with van der Waals surface area (Å²) in [5.74, 6) is 0.746. The Balaban J connectivity index is 1.56. The number of carbonyl (C=O) groups is 1. The number of carbonyl (C=O) groups excluding carboxylic acids is 1. The SMILES string of the molecule is CCN1CCN(C(C)CNC(=O)c2nc(-c3cnn(C)c3)oc2C)CC1. The number of aromatic nitrogens is 3. The smallest absolute Gasteiger partial charge is 0.273 e. The highest BCUT2D eigenvalue weighted by atomic mass is 16.4. The van der Waals surface area contributed by atoms with Gasteiger partial charge in [-0.15, -0.1) is 0 Å². The van der Waals surface area contributed by atoms with Crippen LogP contribution in [0.25, 0.3) is 11.5 Å². The first-order chi connectivity index (χ1) is 12.5. The number of likely N-dealkylation sites (N-methyl/N-ethyl adjacent to an activating group) is 1. The van der Waals surface area contributed by atoms with Gasteiger partial charge in [0.1, 0.15) is 5.76 Å². The van der Waals surface area contributed by atoms with E-state index in [1.54, 1.807) is 17.8 Å². The van der Waals surface area contributed by atoms with Gasteiger partial charge in [0, 0.05) is 52.0 Å². The molecule has 1 aliphatic heterocycles. The zero-order valence-electron chi connectivity index (χ0n) is 16.0. The number of oxazole rings is 1. The van der Waals surface area contributed by atoms with Crippen LogP contribution in [0.3, 0.4) is 0 Å². The molecule has 1 unspecified atom stereocenters. The van der Waals surface area contributed by atoms with Crippen molar-refractivity contribution in [2.45, 2.75) is 26.8 Å². The molecule has 8 heteroatoms. The number of amides is 1. The van der Waals surface area contributed by atoms with Crippen LogP contribution in [0.2, 0.25) is 0 Å². The van der Waals surface area contributed by atoms with Crippen molar-refractivity contribution in [2.24, 2.45) is 7.05 Å². The van der Waals surface area contributed by atoms with Crippen LogP contribution in [0, 0.1) is 6.92 Å². The number of rotatable bonds is 6. The van der Waals surface area contributed by atoms with E-state index in [0.717, 1.165) is 38.3 Å². The highest BCUT2D eigenvalue weighted by molar-refractivity contribution is 5.93. The van der Waals surface area contributed by atoms with Gasteiger partial charge in [0.2, 0.25) is 5.89 Å². The van der Waals surface area contributed by atoms with Gasteiger partial charge in [0.05, 0.1) is 11.8 Å². The molecule has 2 aromatic heterocycles. The van der Waals surface area contributed by atoms with Gasteiger partial charge in [-0.05, 0) is 20.4 Å². The predicted octanol–water partition coefficient (Wildman–Crippen LogP) is 1.14. The van der Waals surface area contributed by atoms with E-state index in [-0.39, 0.29) is 5.91 Å². The fourth-order valence-electron chi connectivity index (χ4n) is 3.24. The number of nitrogens with one attached hydrogen (secondary N) is 1. The maximum absolute atomic E-state index is 12.5. The molecular formula is C18H28N6O2. The van der Waals surface area contributed by atoms with Crippen LogP contribution in [0.5, 0.6) is 0 Å². The Morgan fingerprint density at radius 1 is 1.35 bits per heavy atom. The standard InChI is InChI=1S/C18H28N6O2/c1-5-23-6-8-24(9-7-23)13(2)10-19-17(25)16-14(3)26-18(21-16)15-11-20-22(4)12-15/h11-13H,5-10H2,1-4H3,(H,19,25). The Bertz CT molecular complexity index is 745. The van der Waals surface area contributed by atoms with Crippen LogP contribution in [0.15, 0.2) is 16.8 Å². The van der Waals surface area contributed by atoms with Crippen molar-refractivity contribution >= 4 is 5.91 Å². The van der Waals surface area contributed by atoms with Crippen molar-refractivity contribution < 1.29 is 9.21 Å². The lowest BCUT2D eigenvalue weighted by Gasteiger charge is -2.37. The first kappa shape index (κ1) is 18.6. The minimum atomic E-state index is -0.194.